The molecule has 5 nitrogen and oxygen atoms in total. The van der Waals surface area contributed by atoms with Crippen molar-refractivity contribution in [1.82, 2.24) is 15.5 Å². The van der Waals surface area contributed by atoms with Crippen LogP contribution in [0.1, 0.15) is 49.5 Å². The van der Waals surface area contributed by atoms with Gasteiger partial charge in [-0.25, -0.2) is 4.79 Å². The first-order valence-electron chi connectivity index (χ1n) is 7.39. The Hall–Kier alpha value is -1.38. The molecule has 2 saturated carbocycles. The molecule has 1 aromatic rings. The van der Waals surface area contributed by atoms with Gasteiger partial charge in [0, 0.05) is 12.0 Å². The van der Waals surface area contributed by atoms with Gasteiger partial charge in [0.2, 0.25) is 5.13 Å². The van der Waals surface area contributed by atoms with E-state index < -0.39 is 24.2 Å². The van der Waals surface area contributed by atoms with Crippen molar-refractivity contribution in [2.75, 3.05) is 5.32 Å². The van der Waals surface area contributed by atoms with Crippen LogP contribution in [0.3, 0.4) is 0 Å². The molecular formula is C13H17F3N4OS. The molecule has 2 atom stereocenters. The second-order valence-corrected chi connectivity index (χ2v) is 6.93. The minimum atomic E-state index is -4.19. The molecule has 0 bridgehead atoms. The van der Waals surface area contributed by atoms with Crippen LogP contribution < -0.4 is 10.6 Å². The highest BCUT2D eigenvalue weighted by Gasteiger charge is 2.42. The molecule has 2 fully saturated rings. The van der Waals surface area contributed by atoms with Gasteiger partial charge in [-0.3, -0.25) is 5.32 Å². The van der Waals surface area contributed by atoms with Crippen molar-refractivity contribution in [1.29, 1.82) is 0 Å². The predicted octanol–water partition coefficient (Wildman–Crippen LogP) is 3.66. The van der Waals surface area contributed by atoms with Crippen LogP contribution in [0.15, 0.2) is 0 Å². The van der Waals surface area contributed by atoms with Crippen LogP contribution in [0.4, 0.5) is 23.1 Å². The second kappa shape index (κ2) is 6.02. The van der Waals surface area contributed by atoms with Crippen molar-refractivity contribution in [3.63, 3.8) is 0 Å². The highest BCUT2D eigenvalue weighted by atomic mass is 32.1. The van der Waals surface area contributed by atoms with Gasteiger partial charge < -0.3 is 5.32 Å². The fourth-order valence-electron chi connectivity index (χ4n) is 2.72. The SMILES string of the molecule is O=C(Nc1nnc(C2CC2)s1)N[C@@H]1CCC[C@@H](C(F)(F)F)C1. The van der Waals surface area contributed by atoms with Crippen LogP contribution in [-0.2, 0) is 0 Å². The lowest BCUT2D eigenvalue weighted by Gasteiger charge is -2.30. The van der Waals surface area contributed by atoms with E-state index in [4.69, 9.17) is 0 Å². The molecule has 0 unspecified atom stereocenters. The average molecular weight is 334 g/mol. The van der Waals surface area contributed by atoms with Gasteiger partial charge in [0.15, 0.2) is 0 Å². The van der Waals surface area contributed by atoms with Gasteiger partial charge >= 0.3 is 12.2 Å². The summed E-state index contributed by atoms with van der Waals surface area (Å²) in [6, 6.07) is -0.956. The number of halogens is 3. The molecule has 0 spiro atoms. The molecule has 0 aliphatic heterocycles. The van der Waals surface area contributed by atoms with Gasteiger partial charge in [0.25, 0.3) is 0 Å². The molecule has 9 heteroatoms. The summed E-state index contributed by atoms with van der Waals surface area (Å²) in [6.45, 7) is 0. The molecule has 2 aliphatic carbocycles. The van der Waals surface area contributed by atoms with Crippen LogP contribution in [-0.4, -0.2) is 28.4 Å². The van der Waals surface area contributed by atoms with E-state index in [0.717, 1.165) is 17.8 Å². The third-order valence-electron chi connectivity index (χ3n) is 4.06. The normalized spacial score (nSPS) is 25.8. The van der Waals surface area contributed by atoms with Crippen LogP contribution in [0.5, 0.6) is 0 Å². The largest absolute Gasteiger partial charge is 0.391 e. The molecule has 22 heavy (non-hydrogen) atoms. The van der Waals surface area contributed by atoms with E-state index in [1.54, 1.807) is 0 Å². The van der Waals surface area contributed by atoms with Crippen molar-refractivity contribution in [3.8, 4) is 0 Å². The van der Waals surface area contributed by atoms with Crippen LogP contribution in [0.25, 0.3) is 0 Å². The summed E-state index contributed by atoms with van der Waals surface area (Å²) < 4.78 is 38.2. The Kier molecular flexibility index (Phi) is 4.24. The lowest BCUT2D eigenvalue weighted by molar-refractivity contribution is -0.183. The van der Waals surface area contributed by atoms with Crippen molar-refractivity contribution < 1.29 is 18.0 Å². The third kappa shape index (κ3) is 3.88. The number of rotatable bonds is 3. The molecule has 1 heterocycles. The highest BCUT2D eigenvalue weighted by molar-refractivity contribution is 7.15. The Morgan fingerprint density at radius 1 is 1.18 bits per heavy atom. The Labute approximate surface area is 129 Å². The van der Waals surface area contributed by atoms with Crippen molar-refractivity contribution in [2.24, 2.45) is 5.92 Å². The molecule has 0 saturated heterocycles. The zero-order chi connectivity index (χ0) is 15.7. The Balaban J connectivity index is 1.50. The molecule has 2 amide bonds. The number of nitrogens with zero attached hydrogens (tertiary/aromatic N) is 2. The topological polar surface area (TPSA) is 66.9 Å². The van der Waals surface area contributed by atoms with E-state index in [9.17, 15) is 18.0 Å². The lowest BCUT2D eigenvalue weighted by atomic mass is 9.85. The number of hydrogen-bond donors (Lipinski definition) is 2. The van der Waals surface area contributed by atoms with E-state index in [0.29, 0.717) is 23.9 Å². The summed E-state index contributed by atoms with van der Waals surface area (Å²) in [4.78, 5) is 11.9. The molecule has 2 N–H and O–H groups in total. The fourth-order valence-corrected chi connectivity index (χ4v) is 3.62. The van der Waals surface area contributed by atoms with E-state index in [-0.39, 0.29) is 12.8 Å². The van der Waals surface area contributed by atoms with Gasteiger partial charge in [0.05, 0.1) is 5.92 Å². The Bertz CT molecular complexity index is 544. The smallest absolute Gasteiger partial charge is 0.335 e. The van der Waals surface area contributed by atoms with Crippen LogP contribution >= 0.6 is 11.3 Å². The maximum Gasteiger partial charge on any atom is 0.391 e. The number of carbonyl (C=O) groups excluding carboxylic acids is 1. The summed E-state index contributed by atoms with van der Waals surface area (Å²) >= 11 is 1.32. The van der Waals surface area contributed by atoms with Gasteiger partial charge in [-0.05, 0) is 32.1 Å². The predicted molar refractivity (Wildman–Crippen MR) is 75.8 cm³/mol. The summed E-state index contributed by atoms with van der Waals surface area (Å²) in [6.07, 6.45) is -0.854. The maximum atomic E-state index is 12.7. The number of hydrogen-bond acceptors (Lipinski definition) is 4. The minimum absolute atomic E-state index is 0.0552. The van der Waals surface area contributed by atoms with Crippen molar-refractivity contribution in [2.45, 2.75) is 56.7 Å². The van der Waals surface area contributed by atoms with Gasteiger partial charge in [-0.1, -0.05) is 17.8 Å². The number of alkyl halides is 3. The Morgan fingerprint density at radius 3 is 2.64 bits per heavy atom. The molecule has 2 aliphatic rings. The quantitative estimate of drug-likeness (QED) is 0.886. The van der Waals surface area contributed by atoms with E-state index in [1.165, 1.54) is 11.3 Å². The molecule has 1 aromatic heterocycles. The molecule has 122 valence electrons. The number of nitrogens with one attached hydrogen (secondary N) is 2. The first kappa shape index (κ1) is 15.5. The van der Waals surface area contributed by atoms with Crippen LogP contribution in [0.2, 0.25) is 0 Å². The summed E-state index contributed by atoms with van der Waals surface area (Å²) in [5.74, 6) is -0.864. The first-order valence-corrected chi connectivity index (χ1v) is 8.21. The van der Waals surface area contributed by atoms with Gasteiger partial charge in [-0.15, -0.1) is 10.2 Å². The van der Waals surface area contributed by atoms with Gasteiger partial charge in [-0.2, -0.15) is 13.2 Å². The van der Waals surface area contributed by atoms with Crippen LogP contribution in [0, 0.1) is 5.92 Å². The maximum absolute atomic E-state index is 12.7. The summed E-state index contributed by atoms with van der Waals surface area (Å²) in [5.41, 5.74) is 0. The molecule has 0 radical (unpaired) electrons. The zero-order valence-electron chi connectivity index (χ0n) is 11.8. The van der Waals surface area contributed by atoms with Crippen molar-refractivity contribution in [3.05, 3.63) is 5.01 Å². The molecule has 3 rings (SSSR count). The van der Waals surface area contributed by atoms with E-state index in [2.05, 4.69) is 20.8 Å². The lowest BCUT2D eigenvalue weighted by Crippen LogP contribution is -2.43. The average Bonchev–Trinajstić information content (AvgIpc) is 3.19. The fraction of sp³-hybridized carbons (Fsp3) is 0.769. The highest BCUT2D eigenvalue weighted by Crippen LogP contribution is 2.42. The molecule has 0 aromatic carbocycles. The van der Waals surface area contributed by atoms with Crippen molar-refractivity contribution >= 4 is 22.5 Å². The number of urea groups is 1. The first-order chi connectivity index (χ1) is 10.4. The second-order valence-electron chi connectivity index (χ2n) is 5.92. The van der Waals surface area contributed by atoms with E-state index >= 15 is 0 Å². The minimum Gasteiger partial charge on any atom is -0.335 e. The standard InChI is InChI=1S/C13H17F3N4OS/c14-13(15,16)8-2-1-3-9(6-8)17-11(21)18-12-20-19-10(22-12)7-4-5-7/h7-9H,1-6H2,(H2,17,18,20,21)/t8-,9-/m1/s1. The zero-order valence-corrected chi connectivity index (χ0v) is 12.6. The number of anilines is 1. The van der Waals surface area contributed by atoms with E-state index in [1.807, 2.05) is 0 Å². The summed E-state index contributed by atoms with van der Waals surface area (Å²) in [7, 11) is 0. The summed E-state index contributed by atoms with van der Waals surface area (Å²) in [5, 5.41) is 14.4. The monoisotopic (exact) mass is 334 g/mol. The number of carbonyl (C=O) groups is 1. The Morgan fingerprint density at radius 2 is 1.95 bits per heavy atom. The molecular weight excluding hydrogens is 317 g/mol. The number of amides is 2. The third-order valence-corrected chi connectivity index (χ3v) is 5.06. The number of aromatic nitrogens is 2. The van der Waals surface area contributed by atoms with Gasteiger partial charge in [0.1, 0.15) is 5.01 Å².